The summed E-state index contributed by atoms with van der Waals surface area (Å²) in [6.07, 6.45) is 0. The third-order valence-corrected chi connectivity index (χ3v) is 2.67. The average molecular weight is 189 g/mol. The topological polar surface area (TPSA) is 3.24 Å². The Labute approximate surface area is 81.9 Å². The highest BCUT2D eigenvalue weighted by Crippen LogP contribution is 2.10. The summed E-state index contributed by atoms with van der Waals surface area (Å²) in [5.74, 6) is 3.52. The lowest BCUT2D eigenvalue weighted by Gasteiger charge is -2.27. The number of rotatable bonds is 2. The summed E-state index contributed by atoms with van der Waals surface area (Å²) in [4.78, 5) is 2.57. The van der Waals surface area contributed by atoms with Crippen molar-refractivity contribution in [1.82, 2.24) is 4.90 Å². The normalized spacial score (nSPS) is 18.8. The highest BCUT2D eigenvalue weighted by Gasteiger charge is 2.10. The second-order valence-corrected chi connectivity index (χ2v) is 4.53. The van der Waals surface area contributed by atoms with Gasteiger partial charge in [0.1, 0.15) is 0 Å². The predicted molar refractivity (Wildman–Crippen MR) is 60.0 cm³/mol. The molecule has 1 heterocycles. The number of thioether (sulfide) groups is 1. The molecule has 1 fully saturated rings. The van der Waals surface area contributed by atoms with Gasteiger partial charge < -0.3 is 4.90 Å². The van der Waals surface area contributed by atoms with Gasteiger partial charge in [0.05, 0.1) is 0 Å². The lowest BCUT2D eigenvalue weighted by Crippen LogP contribution is -2.35. The van der Waals surface area contributed by atoms with Gasteiger partial charge in [-0.15, -0.1) is 0 Å². The fourth-order valence-electron chi connectivity index (χ4n) is 1.30. The van der Waals surface area contributed by atoms with Crippen molar-refractivity contribution in [3.63, 3.8) is 0 Å². The number of hydrogen-bond acceptors (Lipinski definition) is 2. The Morgan fingerprint density at radius 3 is 2.08 bits per heavy atom. The van der Waals surface area contributed by atoms with Crippen molar-refractivity contribution in [2.75, 3.05) is 31.1 Å². The van der Waals surface area contributed by atoms with E-state index >= 15 is 0 Å². The minimum Gasteiger partial charge on any atom is -0.301 e. The van der Waals surface area contributed by atoms with E-state index in [1.54, 1.807) is 0 Å². The van der Waals surface area contributed by atoms with Crippen LogP contribution in [0.2, 0.25) is 0 Å². The summed E-state index contributed by atoms with van der Waals surface area (Å²) in [6.45, 7) is 12.5. The van der Waals surface area contributed by atoms with E-state index in [9.17, 15) is 0 Å². The fraction of sp³-hybridized carbons (Fsp3) is 1.00. The second-order valence-electron chi connectivity index (χ2n) is 3.31. The predicted octanol–water partition coefficient (Wildman–Crippen LogP) is 2.72. The van der Waals surface area contributed by atoms with Gasteiger partial charge in [0, 0.05) is 31.1 Å². The Morgan fingerprint density at radius 1 is 1.17 bits per heavy atom. The molecule has 0 amide bonds. The standard InChI is InChI=1S/C8H17NS.C2H6/c1-8(2)7-9-3-5-10-6-4-9;1-2/h8H,3-7H2,1-2H3;1-2H3. The first kappa shape index (κ1) is 12.3. The minimum atomic E-state index is 0.836. The molecule has 1 saturated heterocycles. The highest BCUT2D eigenvalue weighted by molar-refractivity contribution is 7.99. The lowest BCUT2D eigenvalue weighted by atomic mass is 10.2. The molecule has 0 N–H and O–H groups in total. The van der Waals surface area contributed by atoms with Gasteiger partial charge in [-0.25, -0.2) is 0 Å². The first-order valence-electron chi connectivity index (χ1n) is 5.09. The molecule has 2 heteroatoms. The van der Waals surface area contributed by atoms with Crippen LogP contribution in [0.15, 0.2) is 0 Å². The first-order valence-corrected chi connectivity index (χ1v) is 6.24. The molecular formula is C10H23NS. The molecule has 1 nitrogen and oxygen atoms in total. The van der Waals surface area contributed by atoms with Gasteiger partial charge in [-0.3, -0.25) is 0 Å². The monoisotopic (exact) mass is 189 g/mol. The molecule has 0 unspecified atom stereocenters. The van der Waals surface area contributed by atoms with Crippen molar-refractivity contribution in [3.8, 4) is 0 Å². The third kappa shape index (κ3) is 5.90. The zero-order valence-electron chi connectivity index (χ0n) is 8.97. The molecule has 1 aliphatic heterocycles. The summed E-state index contributed by atoms with van der Waals surface area (Å²) < 4.78 is 0. The van der Waals surface area contributed by atoms with Gasteiger partial charge in [-0.2, -0.15) is 11.8 Å². The molecule has 0 spiro atoms. The summed E-state index contributed by atoms with van der Waals surface area (Å²) >= 11 is 2.08. The van der Waals surface area contributed by atoms with Crippen molar-refractivity contribution in [2.24, 2.45) is 5.92 Å². The maximum atomic E-state index is 2.57. The van der Waals surface area contributed by atoms with E-state index in [0.29, 0.717) is 0 Å². The van der Waals surface area contributed by atoms with E-state index in [-0.39, 0.29) is 0 Å². The molecule has 12 heavy (non-hydrogen) atoms. The van der Waals surface area contributed by atoms with Crippen LogP contribution in [0.1, 0.15) is 27.7 Å². The number of hydrogen-bond donors (Lipinski definition) is 0. The van der Waals surface area contributed by atoms with Gasteiger partial charge in [0.15, 0.2) is 0 Å². The molecule has 0 aromatic heterocycles. The van der Waals surface area contributed by atoms with Crippen molar-refractivity contribution in [2.45, 2.75) is 27.7 Å². The molecule has 0 aromatic carbocycles. The van der Waals surface area contributed by atoms with Crippen LogP contribution < -0.4 is 0 Å². The van der Waals surface area contributed by atoms with Crippen LogP contribution in [-0.2, 0) is 0 Å². The summed E-state index contributed by atoms with van der Waals surface area (Å²) in [7, 11) is 0. The molecule has 0 aliphatic carbocycles. The Morgan fingerprint density at radius 2 is 1.67 bits per heavy atom. The lowest BCUT2D eigenvalue weighted by molar-refractivity contribution is 0.268. The van der Waals surface area contributed by atoms with Crippen LogP contribution in [0.4, 0.5) is 0 Å². The van der Waals surface area contributed by atoms with Crippen LogP contribution in [0.3, 0.4) is 0 Å². The van der Waals surface area contributed by atoms with Crippen LogP contribution >= 0.6 is 11.8 Å². The van der Waals surface area contributed by atoms with Gasteiger partial charge >= 0.3 is 0 Å². The van der Waals surface area contributed by atoms with Crippen molar-refractivity contribution in [3.05, 3.63) is 0 Å². The molecule has 74 valence electrons. The Hall–Kier alpha value is 0.310. The maximum Gasteiger partial charge on any atom is 0.00728 e. The Kier molecular flexibility index (Phi) is 8.14. The van der Waals surface area contributed by atoms with E-state index in [1.165, 1.54) is 31.1 Å². The Bertz CT molecular complexity index is 87.8. The average Bonchev–Trinajstić information content (AvgIpc) is 2.08. The van der Waals surface area contributed by atoms with Crippen molar-refractivity contribution >= 4 is 11.8 Å². The van der Waals surface area contributed by atoms with Gasteiger partial charge in [0.2, 0.25) is 0 Å². The molecule has 0 radical (unpaired) electrons. The van der Waals surface area contributed by atoms with E-state index in [4.69, 9.17) is 0 Å². The fourth-order valence-corrected chi connectivity index (χ4v) is 2.28. The van der Waals surface area contributed by atoms with Gasteiger partial charge in [-0.1, -0.05) is 27.7 Å². The summed E-state index contributed by atoms with van der Waals surface area (Å²) in [5.41, 5.74) is 0. The van der Waals surface area contributed by atoms with Crippen LogP contribution in [0, 0.1) is 5.92 Å². The molecule has 0 saturated carbocycles. The number of nitrogens with zero attached hydrogens (tertiary/aromatic N) is 1. The van der Waals surface area contributed by atoms with E-state index in [2.05, 4.69) is 30.5 Å². The summed E-state index contributed by atoms with van der Waals surface area (Å²) in [6, 6.07) is 0. The maximum absolute atomic E-state index is 2.57. The SMILES string of the molecule is CC.CC(C)CN1CCSCC1. The smallest absolute Gasteiger partial charge is 0.00728 e. The Balaban J connectivity index is 0.000000561. The first-order chi connectivity index (χ1) is 5.79. The van der Waals surface area contributed by atoms with E-state index < -0.39 is 0 Å². The molecule has 0 aromatic rings. The zero-order valence-corrected chi connectivity index (χ0v) is 9.78. The van der Waals surface area contributed by atoms with Crippen LogP contribution in [-0.4, -0.2) is 36.0 Å². The van der Waals surface area contributed by atoms with E-state index in [0.717, 1.165) is 5.92 Å². The molecular weight excluding hydrogens is 166 g/mol. The van der Waals surface area contributed by atoms with Crippen LogP contribution in [0.5, 0.6) is 0 Å². The van der Waals surface area contributed by atoms with Crippen molar-refractivity contribution in [1.29, 1.82) is 0 Å². The second kappa shape index (κ2) is 7.93. The van der Waals surface area contributed by atoms with Crippen LogP contribution in [0.25, 0.3) is 0 Å². The minimum absolute atomic E-state index is 0.836. The zero-order chi connectivity index (χ0) is 9.40. The third-order valence-electron chi connectivity index (χ3n) is 1.73. The molecule has 1 aliphatic rings. The molecule has 1 rings (SSSR count). The van der Waals surface area contributed by atoms with Crippen molar-refractivity contribution < 1.29 is 0 Å². The molecule has 0 bridgehead atoms. The van der Waals surface area contributed by atoms with E-state index in [1.807, 2.05) is 13.8 Å². The quantitative estimate of drug-likeness (QED) is 0.657. The van der Waals surface area contributed by atoms with Gasteiger partial charge in [0.25, 0.3) is 0 Å². The largest absolute Gasteiger partial charge is 0.301 e. The summed E-state index contributed by atoms with van der Waals surface area (Å²) in [5, 5.41) is 0. The van der Waals surface area contributed by atoms with Gasteiger partial charge in [-0.05, 0) is 5.92 Å². The molecule has 0 atom stereocenters. The highest BCUT2D eigenvalue weighted by atomic mass is 32.2.